The third-order valence-electron chi connectivity index (χ3n) is 3.27. The van der Waals surface area contributed by atoms with Crippen molar-refractivity contribution >= 4 is 11.6 Å². The summed E-state index contributed by atoms with van der Waals surface area (Å²) < 4.78 is 10.0. The van der Waals surface area contributed by atoms with E-state index in [0.717, 1.165) is 25.7 Å². The Kier molecular flexibility index (Phi) is 5.80. The maximum atomic E-state index is 12.3. The fourth-order valence-corrected chi connectivity index (χ4v) is 2.15. The highest BCUT2D eigenvalue weighted by Crippen LogP contribution is 2.28. The van der Waals surface area contributed by atoms with E-state index in [0.29, 0.717) is 17.6 Å². The van der Waals surface area contributed by atoms with E-state index in [-0.39, 0.29) is 23.1 Å². The summed E-state index contributed by atoms with van der Waals surface area (Å²) in [6, 6.07) is 0. The Labute approximate surface area is 114 Å². The Morgan fingerprint density at radius 3 is 2.05 bits per heavy atom. The van der Waals surface area contributed by atoms with E-state index in [1.54, 1.807) is 6.92 Å². The van der Waals surface area contributed by atoms with Gasteiger partial charge < -0.3 is 9.47 Å². The maximum Gasteiger partial charge on any atom is 0.228 e. The molecule has 0 aliphatic heterocycles. The fraction of sp³-hybridized carbons (Fsp3) is 0.533. The normalized spacial score (nSPS) is 16.2. The summed E-state index contributed by atoms with van der Waals surface area (Å²) in [5.41, 5.74) is 1.02. The Morgan fingerprint density at radius 1 is 0.947 bits per heavy atom. The van der Waals surface area contributed by atoms with Gasteiger partial charge >= 0.3 is 0 Å². The number of hydrogen-bond acceptors (Lipinski definition) is 4. The van der Waals surface area contributed by atoms with Crippen molar-refractivity contribution in [2.24, 2.45) is 0 Å². The van der Waals surface area contributed by atoms with Gasteiger partial charge in [0.1, 0.15) is 0 Å². The van der Waals surface area contributed by atoms with Crippen molar-refractivity contribution in [1.82, 2.24) is 0 Å². The van der Waals surface area contributed by atoms with Gasteiger partial charge in [0.05, 0.1) is 14.2 Å². The van der Waals surface area contributed by atoms with Crippen LogP contribution in [-0.2, 0) is 19.1 Å². The Bertz CT molecular complexity index is 429. The molecule has 0 atom stereocenters. The van der Waals surface area contributed by atoms with Crippen LogP contribution >= 0.6 is 0 Å². The van der Waals surface area contributed by atoms with E-state index in [9.17, 15) is 9.59 Å². The van der Waals surface area contributed by atoms with Crippen LogP contribution in [0.15, 0.2) is 22.7 Å². The van der Waals surface area contributed by atoms with Crippen molar-refractivity contribution in [1.29, 1.82) is 0 Å². The smallest absolute Gasteiger partial charge is 0.228 e. The average molecular weight is 265 g/mol. The molecule has 0 aromatic heterocycles. The van der Waals surface area contributed by atoms with Gasteiger partial charge in [-0.15, -0.1) is 0 Å². The number of rotatable bonds is 7. The zero-order valence-electron chi connectivity index (χ0n) is 11.9. The lowest BCUT2D eigenvalue weighted by atomic mass is 9.89. The van der Waals surface area contributed by atoms with Crippen LogP contribution in [0.5, 0.6) is 0 Å². The number of ether oxygens (including phenoxy) is 2. The molecule has 0 heterocycles. The molecule has 0 fully saturated rings. The number of allylic oxidation sites excluding steroid dienone is 2. The van der Waals surface area contributed by atoms with Crippen LogP contribution in [0.2, 0.25) is 0 Å². The van der Waals surface area contributed by atoms with Gasteiger partial charge in [0.2, 0.25) is 23.1 Å². The van der Waals surface area contributed by atoms with Crippen LogP contribution in [-0.4, -0.2) is 25.8 Å². The Hall–Kier alpha value is -1.58. The number of unbranched alkanes of at least 4 members (excludes halogenated alkanes) is 3. The van der Waals surface area contributed by atoms with Gasteiger partial charge in [0.15, 0.2) is 0 Å². The van der Waals surface area contributed by atoms with Gasteiger partial charge in [-0.2, -0.15) is 0 Å². The van der Waals surface area contributed by atoms with Crippen LogP contribution in [0, 0.1) is 6.92 Å². The molecule has 0 spiro atoms. The van der Waals surface area contributed by atoms with Crippen LogP contribution in [0.1, 0.15) is 39.0 Å². The molecule has 1 radical (unpaired) electrons. The highest BCUT2D eigenvalue weighted by Gasteiger charge is 2.34. The van der Waals surface area contributed by atoms with Crippen molar-refractivity contribution in [2.45, 2.75) is 39.0 Å². The molecule has 1 rings (SSSR count). The van der Waals surface area contributed by atoms with Gasteiger partial charge in [0, 0.05) is 11.1 Å². The molecule has 0 saturated carbocycles. The first-order chi connectivity index (χ1) is 9.08. The minimum atomic E-state index is -0.258. The third-order valence-corrected chi connectivity index (χ3v) is 3.27. The van der Waals surface area contributed by atoms with Gasteiger partial charge in [-0.3, -0.25) is 9.59 Å². The average Bonchev–Trinajstić information content (AvgIpc) is 2.41. The second kappa shape index (κ2) is 7.12. The van der Waals surface area contributed by atoms with Crippen molar-refractivity contribution in [3.63, 3.8) is 0 Å². The van der Waals surface area contributed by atoms with E-state index in [4.69, 9.17) is 9.47 Å². The molecule has 0 amide bonds. The van der Waals surface area contributed by atoms with Crippen LogP contribution < -0.4 is 0 Å². The number of carbonyl (C=O) groups is 2. The highest BCUT2D eigenvalue weighted by molar-refractivity contribution is 6.23. The maximum absolute atomic E-state index is 12.3. The molecule has 0 aromatic rings. The summed E-state index contributed by atoms with van der Waals surface area (Å²) >= 11 is 0. The van der Waals surface area contributed by atoms with Gasteiger partial charge in [-0.05, 0) is 19.8 Å². The second-order valence-electron chi connectivity index (χ2n) is 4.49. The minimum Gasteiger partial charge on any atom is -0.489 e. The molecule has 19 heavy (non-hydrogen) atoms. The predicted molar refractivity (Wildman–Crippen MR) is 72.2 cm³/mol. The summed E-state index contributed by atoms with van der Waals surface area (Å²) in [4.78, 5) is 24.3. The Morgan fingerprint density at radius 2 is 1.53 bits per heavy atom. The number of methoxy groups -OCH3 is 2. The molecule has 0 saturated heterocycles. The van der Waals surface area contributed by atoms with Gasteiger partial charge in [0.25, 0.3) is 0 Å². The summed E-state index contributed by atoms with van der Waals surface area (Å²) in [5, 5.41) is 0. The van der Waals surface area contributed by atoms with Crippen LogP contribution in [0.25, 0.3) is 0 Å². The zero-order valence-corrected chi connectivity index (χ0v) is 11.9. The first kappa shape index (κ1) is 15.5. The predicted octanol–water partition coefficient (Wildman–Crippen LogP) is 2.74. The second-order valence-corrected chi connectivity index (χ2v) is 4.49. The lowest BCUT2D eigenvalue weighted by Crippen LogP contribution is -2.25. The van der Waals surface area contributed by atoms with E-state index in [1.165, 1.54) is 14.2 Å². The molecule has 0 unspecified atom stereocenters. The van der Waals surface area contributed by atoms with Gasteiger partial charge in [-0.1, -0.05) is 26.2 Å². The van der Waals surface area contributed by atoms with E-state index in [2.05, 4.69) is 6.92 Å². The number of ketones is 2. The molecular weight excluding hydrogens is 244 g/mol. The first-order valence-corrected chi connectivity index (χ1v) is 6.49. The largest absolute Gasteiger partial charge is 0.489 e. The molecular formula is C15H21O4. The van der Waals surface area contributed by atoms with Crippen molar-refractivity contribution in [3.05, 3.63) is 29.6 Å². The van der Waals surface area contributed by atoms with Crippen molar-refractivity contribution in [2.75, 3.05) is 14.2 Å². The molecule has 1 aliphatic carbocycles. The molecule has 0 bridgehead atoms. The topological polar surface area (TPSA) is 52.6 Å². The molecule has 0 aromatic carbocycles. The molecule has 4 heteroatoms. The van der Waals surface area contributed by atoms with E-state index in [1.807, 2.05) is 0 Å². The van der Waals surface area contributed by atoms with Crippen LogP contribution in [0.3, 0.4) is 0 Å². The molecule has 1 aliphatic rings. The standard InChI is InChI=1S/C15H21O4/c1-5-6-7-8-9-11-10(2)12(16)14(18-3)15(19-4)13(11)17/h1,5-9H2,2-4H3. The molecule has 105 valence electrons. The van der Waals surface area contributed by atoms with Crippen molar-refractivity contribution in [3.8, 4) is 0 Å². The van der Waals surface area contributed by atoms with Gasteiger partial charge in [-0.25, -0.2) is 0 Å². The quantitative estimate of drug-likeness (QED) is 0.524. The highest BCUT2D eigenvalue weighted by atomic mass is 16.5. The number of hydrogen-bond donors (Lipinski definition) is 0. The van der Waals surface area contributed by atoms with E-state index >= 15 is 0 Å². The first-order valence-electron chi connectivity index (χ1n) is 6.49. The Balaban J connectivity index is 2.90. The molecule has 0 N–H and O–H groups in total. The van der Waals surface area contributed by atoms with Crippen LogP contribution in [0.4, 0.5) is 0 Å². The summed E-state index contributed by atoms with van der Waals surface area (Å²) in [6.07, 6.45) is 4.40. The minimum absolute atomic E-state index is 0.00603. The summed E-state index contributed by atoms with van der Waals surface area (Å²) in [5.74, 6) is -0.464. The third kappa shape index (κ3) is 3.25. The zero-order chi connectivity index (χ0) is 14.4. The fourth-order valence-electron chi connectivity index (χ4n) is 2.15. The number of carbonyl (C=O) groups excluding carboxylic acids is 2. The van der Waals surface area contributed by atoms with Crippen molar-refractivity contribution < 1.29 is 19.1 Å². The molecule has 4 nitrogen and oxygen atoms in total. The van der Waals surface area contributed by atoms with E-state index < -0.39 is 0 Å². The lowest BCUT2D eigenvalue weighted by molar-refractivity contribution is -0.121. The number of Topliss-reactive ketones (excluding diaryl/α,β-unsaturated/α-hetero) is 2. The lowest BCUT2D eigenvalue weighted by Gasteiger charge is -2.20. The summed E-state index contributed by atoms with van der Waals surface area (Å²) in [6.45, 7) is 5.45. The monoisotopic (exact) mass is 265 g/mol. The summed E-state index contributed by atoms with van der Waals surface area (Å²) in [7, 11) is 2.74. The SMILES string of the molecule is [CH2]CCCCCC1=C(C)C(=O)C(OC)=C(OC)C1=O.